The Bertz CT molecular complexity index is 639. The molecule has 0 aliphatic heterocycles. The fourth-order valence-electron chi connectivity index (χ4n) is 2.09. The second-order valence-electron chi connectivity index (χ2n) is 4.12. The van der Waals surface area contributed by atoms with E-state index in [4.69, 9.17) is 10.2 Å². The van der Waals surface area contributed by atoms with E-state index < -0.39 is 0 Å². The molecule has 0 fully saturated rings. The first-order valence-corrected chi connectivity index (χ1v) is 6.47. The maximum absolute atomic E-state index is 6.24. The molecule has 3 heteroatoms. The average molecular weight is 243 g/mol. The van der Waals surface area contributed by atoms with E-state index in [1.807, 2.05) is 29.6 Å². The normalized spacial score (nSPS) is 13.1. The zero-order valence-corrected chi connectivity index (χ0v) is 10.3. The predicted octanol–water partition coefficient (Wildman–Crippen LogP) is 3.85. The molecule has 0 saturated heterocycles. The lowest BCUT2D eigenvalue weighted by atomic mass is 10.0. The van der Waals surface area contributed by atoms with E-state index in [0.29, 0.717) is 0 Å². The lowest BCUT2D eigenvalue weighted by molar-refractivity contribution is 0.521. The van der Waals surface area contributed by atoms with Crippen molar-refractivity contribution in [2.24, 2.45) is 5.73 Å². The number of nitrogens with two attached hydrogens (primary N) is 1. The molecule has 0 aliphatic rings. The van der Waals surface area contributed by atoms with Gasteiger partial charge in [-0.2, -0.15) is 11.3 Å². The molecule has 1 atom stereocenters. The van der Waals surface area contributed by atoms with Crippen LogP contribution >= 0.6 is 11.3 Å². The number of benzene rings is 1. The highest BCUT2D eigenvalue weighted by atomic mass is 32.1. The minimum atomic E-state index is -0.173. The van der Waals surface area contributed by atoms with Crippen molar-refractivity contribution in [3.63, 3.8) is 0 Å². The zero-order chi connectivity index (χ0) is 11.8. The summed E-state index contributed by atoms with van der Waals surface area (Å²) in [6.45, 7) is 2.06. The molecule has 17 heavy (non-hydrogen) atoms. The summed E-state index contributed by atoms with van der Waals surface area (Å²) in [5.74, 6) is 0.865. The van der Waals surface area contributed by atoms with E-state index in [9.17, 15) is 0 Å². The monoisotopic (exact) mass is 243 g/mol. The SMILES string of the molecule is Cc1c(C(N)c2ccsc2)oc2ccccc12. The highest BCUT2D eigenvalue weighted by Crippen LogP contribution is 2.31. The van der Waals surface area contributed by atoms with E-state index in [1.165, 1.54) is 0 Å². The number of thiophene rings is 1. The summed E-state index contributed by atoms with van der Waals surface area (Å²) in [5, 5.41) is 5.25. The number of rotatable bonds is 2. The molecule has 2 nitrogen and oxygen atoms in total. The molecule has 3 aromatic rings. The number of hydrogen-bond donors (Lipinski definition) is 1. The summed E-state index contributed by atoms with van der Waals surface area (Å²) in [6.07, 6.45) is 0. The molecular weight excluding hydrogens is 230 g/mol. The van der Waals surface area contributed by atoms with Gasteiger partial charge in [0.15, 0.2) is 0 Å². The van der Waals surface area contributed by atoms with E-state index in [2.05, 4.69) is 18.4 Å². The van der Waals surface area contributed by atoms with E-state index in [1.54, 1.807) is 11.3 Å². The number of hydrogen-bond acceptors (Lipinski definition) is 3. The molecular formula is C14H13NOS. The number of furan rings is 1. The van der Waals surface area contributed by atoms with Gasteiger partial charge in [0.25, 0.3) is 0 Å². The first kappa shape index (κ1) is 10.6. The Morgan fingerprint density at radius 1 is 1.24 bits per heavy atom. The van der Waals surface area contributed by atoms with Gasteiger partial charge in [-0.3, -0.25) is 0 Å². The molecule has 1 aromatic carbocycles. The number of para-hydroxylation sites is 1. The zero-order valence-electron chi connectivity index (χ0n) is 9.51. The lowest BCUT2D eigenvalue weighted by Gasteiger charge is -2.07. The Labute approximate surface area is 104 Å². The molecule has 86 valence electrons. The van der Waals surface area contributed by atoms with Crippen molar-refractivity contribution in [3.8, 4) is 0 Å². The average Bonchev–Trinajstić information content (AvgIpc) is 2.97. The van der Waals surface area contributed by atoms with Crippen molar-refractivity contribution >= 4 is 22.3 Å². The van der Waals surface area contributed by atoms with Crippen LogP contribution in [0.5, 0.6) is 0 Å². The second-order valence-corrected chi connectivity index (χ2v) is 4.90. The molecule has 0 bridgehead atoms. The lowest BCUT2D eigenvalue weighted by Crippen LogP contribution is -2.10. The molecule has 3 rings (SSSR count). The van der Waals surface area contributed by atoms with Crippen LogP contribution in [0.1, 0.15) is 22.9 Å². The van der Waals surface area contributed by atoms with Gasteiger partial charge in [-0.25, -0.2) is 0 Å². The predicted molar refractivity (Wildman–Crippen MR) is 71.3 cm³/mol. The van der Waals surface area contributed by atoms with Crippen LogP contribution in [0, 0.1) is 6.92 Å². The van der Waals surface area contributed by atoms with Crippen LogP contribution in [0.2, 0.25) is 0 Å². The van der Waals surface area contributed by atoms with E-state index >= 15 is 0 Å². The van der Waals surface area contributed by atoms with Gasteiger partial charge in [-0.15, -0.1) is 0 Å². The van der Waals surface area contributed by atoms with Gasteiger partial charge in [0, 0.05) is 10.9 Å². The topological polar surface area (TPSA) is 39.2 Å². The van der Waals surface area contributed by atoms with Crippen molar-refractivity contribution in [1.82, 2.24) is 0 Å². The van der Waals surface area contributed by atoms with Crippen LogP contribution in [0.25, 0.3) is 11.0 Å². The highest BCUT2D eigenvalue weighted by Gasteiger charge is 2.18. The van der Waals surface area contributed by atoms with Gasteiger partial charge in [-0.05, 0) is 35.4 Å². The van der Waals surface area contributed by atoms with Crippen molar-refractivity contribution < 1.29 is 4.42 Å². The smallest absolute Gasteiger partial charge is 0.134 e. The third kappa shape index (κ3) is 1.68. The summed E-state index contributed by atoms with van der Waals surface area (Å²) in [7, 11) is 0. The Morgan fingerprint density at radius 3 is 2.76 bits per heavy atom. The van der Waals surface area contributed by atoms with Crippen LogP contribution in [-0.4, -0.2) is 0 Å². The molecule has 2 aromatic heterocycles. The van der Waals surface area contributed by atoms with Crippen LogP contribution in [0.3, 0.4) is 0 Å². The van der Waals surface area contributed by atoms with Crippen LogP contribution in [0.4, 0.5) is 0 Å². The Balaban J connectivity index is 2.15. The van der Waals surface area contributed by atoms with Crippen LogP contribution < -0.4 is 5.73 Å². The van der Waals surface area contributed by atoms with Crippen molar-refractivity contribution in [3.05, 3.63) is 58.0 Å². The Morgan fingerprint density at radius 2 is 2.06 bits per heavy atom. The van der Waals surface area contributed by atoms with Crippen molar-refractivity contribution in [2.45, 2.75) is 13.0 Å². The summed E-state index contributed by atoms with van der Waals surface area (Å²) >= 11 is 1.65. The first-order chi connectivity index (χ1) is 8.27. The maximum Gasteiger partial charge on any atom is 0.134 e. The quantitative estimate of drug-likeness (QED) is 0.742. The highest BCUT2D eigenvalue weighted by molar-refractivity contribution is 7.08. The fraction of sp³-hybridized carbons (Fsp3) is 0.143. The Kier molecular flexibility index (Phi) is 2.50. The summed E-state index contributed by atoms with van der Waals surface area (Å²) in [4.78, 5) is 0. The minimum Gasteiger partial charge on any atom is -0.459 e. The van der Waals surface area contributed by atoms with Gasteiger partial charge in [0.05, 0.1) is 6.04 Å². The van der Waals surface area contributed by atoms with Crippen molar-refractivity contribution in [2.75, 3.05) is 0 Å². The molecule has 2 N–H and O–H groups in total. The standard InChI is InChI=1S/C14H13NOS/c1-9-11-4-2-3-5-12(11)16-14(9)13(15)10-6-7-17-8-10/h2-8,13H,15H2,1H3. The second kappa shape index (κ2) is 4.02. The Hall–Kier alpha value is -1.58. The van der Waals surface area contributed by atoms with Gasteiger partial charge in [0.2, 0.25) is 0 Å². The first-order valence-electron chi connectivity index (χ1n) is 5.53. The molecule has 0 aliphatic carbocycles. The third-order valence-corrected chi connectivity index (χ3v) is 3.77. The van der Waals surface area contributed by atoms with Crippen LogP contribution in [0.15, 0.2) is 45.5 Å². The van der Waals surface area contributed by atoms with Gasteiger partial charge in [0.1, 0.15) is 11.3 Å². The van der Waals surface area contributed by atoms with Gasteiger partial charge >= 0.3 is 0 Å². The molecule has 0 radical (unpaired) electrons. The van der Waals surface area contributed by atoms with Gasteiger partial charge < -0.3 is 10.2 Å². The number of aryl methyl sites for hydroxylation is 1. The largest absolute Gasteiger partial charge is 0.459 e. The maximum atomic E-state index is 6.24. The van der Waals surface area contributed by atoms with Gasteiger partial charge in [-0.1, -0.05) is 18.2 Å². The van der Waals surface area contributed by atoms with Crippen molar-refractivity contribution in [1.29, 1.82) is 0 Å². The molecule has 0 saturated carbocycles. The molecule has 2 heterocycles. The molecule has 0 amide bonds. The third-order valence-electron chi connectivity index (χ3n) is 3.07. The minimum absolute atomic E-state index is 0.173. The van der Waals surface area contributed by atoms with Crippen LogP contribution in [-0.2, 0) is 0 Å². The van der Waals surface area contributed by atoms with E-state index in [0.717, 1.165) is 27.9 Å². The summed E-state index contributed by atoms with van der Waals surface area (Å²) in [6, 6.07) is 9.91. The fourth-order valence-corrected chi connectivity index (χ4v) is 2.79. The molecule has 1 unspecified atom stereocenters. The summed E-state index contributed by atoms with van der Waals surface area (Å²) < 4.78 is 5.86. The number of fused-ring (bicyclic) bond motifs is 1. The molecule has 0 spiro atoms. The summed E-state index contributed by atoms with van der Waals surface area (Å²) in [5.41, 5.74) is 9.39. The van der Waals surface area contributed by atoms with E-state index in [-0.39, 0.29) is 6.04 Å².